The van der Waals surface area contributed by atoms with Gasteiger partial charge in [-0.15, -0.1) is 0 Å². The number of aryl methyl sites for hydroxylation is 1. The van der Waals surface area contributed by atoms with Crippen molar-refractivity contribution >= 4 is 16.5 Å². The molecule has 0 heterocycles. The van der Waals surface area contributed by atoms with Gasteiger partial charge in [0.2, 0.25) is 0 Å². The molecule has 1 aromatic carbocycles. The topological polar surface area (TPSA) is 43.1 Å². The first-order valence-electron chi connectivity index (χ1n) is 6.39. The van der Waals surface area contributed by atoms with Gasteiger partial charge in [-0.3, -0.25) is 4.21 Å². The maximum absolute atomic E-state index is 12.0. The predicted molar refractivity (Wildman–Crippen MR) is 75.6 cm³/mol. The minimum absolute atomic E-state index is 0.771. The van der Waals surface area contributed by atoms with E-state index in [9.17, 15) is 4.21 Å². The number of hydrogen-bond donors (Lipinski definition) is 1. The smallest absolute Gasteiger partial charge is 0.0529 e. The minimum Gasteiger partial charge on any atom is -0.399 e. The van der Waals surface area contributed by atoms with Crippen LogP contribution in [0, 0.1) is 6.92 Å². The average Bonchev–Trinajstić information content (AvgIpc) is 2.32. The highest BCUT2D eigenvalue weighted by atomic mass is 32.2. The third-order valence-electron chi connectivity index (χ3n) is 2.94. The van der Waals surface area contributed by atoms with Gasteiger partial charge in [-0.05, 0) is 37.1 Å². The Labute approximate surface area is 107 Å². The lowest BCUT2D eigenvalue weighted by molar-refractivity contribution is 0.647. The van der Waals surface area contributed by atoms with Crippen LogP contribution in [0.25, 0.3) is 0 Å². The molecule has 96 valence electrons. The number of nitrogens with two attached hydrogens (primary N) is 1. The summed E-state index contributed by atoms with van der Waals surface area (Å²) in [7, 11) is -0.863. The molecule has 2 nitrogen and oxygen atoms in total. The van der Waals surface area contributed by atoms with Crippen molar-refractivity contribution in [2.24, 2.45) is 0 Å². The maximum atomic E-state index is 12.0. The zero-order valence-corrected chi connectivity index (χ0v) is 11.7. The molecular weight excluding hydrogens is 230 g/mol. The van der Waals surface area contributed by atoms with Gasteiger partial charge in [0.15, 0.2) is 0 Å². The zero-order valence-electron chi connectivity index (χ0n) is 10.9. The third kappa shape index (κ3) is 4.90. The van der Waals surface area contributed by atoms with E-state index in [1.54, 1.807) is 0 Å². The molecular formula is C14H23NOS. The van der Waals surface area contributed by atoms with E-state index in [0.717, 1.165) is 28.3 Å². The van der Waals surface area contributed by atoms with Crippen LogP contribution in [-0.4, -0.2) is 9.96 Å². The molecule has 0 radical (unpaired) electrons. The van der Waals surface area contributed by atoms with Crippen LogP contribution < -0.4 is 5.73 Å². The Morgan fingerprint density at radius 1 is 1.18 bits per heavy atom. The molecule has 1 rings (SSSR count). The molecule has 0 saturated heterocycles. The highest BCUT2D eigenvalue weighted by molar-refractivity contribution is 7.85. The molecule has 1 atom stereocenters. The zero-order chi connectivity index (χ0) is 12.7. The van der Waals surface area contributed by atoms with Gasteiger partial charge in [0.25, 0.3) is 0 Å². The standard InChI is InChI=1S/C14H23NOS/c1-3-4-5-6-7-10-17(16)13-8-9-14(15)12(2)11-13/h8-9,11H,3-7,10,15H2,1-2H3. The van der Waals surface area contributed by atoms with Gasteiger partial charge in [-0.25, -0.2) is 0 Å². The van der Waals surface area contributed by atoms with Gasteiger partial charge in [-0.1, -0.05) is 32.6 Å². The van der Waals surface area contributed by atoms with Crippen LogP contribution in [0.4, 0.5) is 5.69 Å². The lowest BCUT2D eigenvalue weighted by Crippen LogP contribution is -2.00. The Morgan fingerprint density at radius 2 is 1.88 bits per heavy atom. The Morgan fingerprint density at radius 3 is 2.53 bits per heavy atom. The number of benzene rings is 1. The first-order chi connectivity index (χ1) is 8.15. The summed E-state index contributed by atoms with van der Waals surface area (Å²) < 4.78 is 12.0. The van der Waals surface area contributed by atoms with Gasteiger partial charge in [0, 0.05) is 16.3 Å². The van der Waals surface area contributed by atoms with Crippen molar-refractivity contribution in [3.8, 4) is 0 Å². The summed E-state index contributed by atoms with van der Waals surface area (Å²) in [4.78, 5) is 0.909. The number of hydrogen-bond acceptors (Lipinski definition) is 2. The Bertz CT molecular complexity index is 376. The van der Waals surface area contributed by atoms with Gasteiger partial charge >= 0.3 is 0 Å². The first kappa shape index (κ1) is 14.2. The third-order valence-corrected chi connectivity index (χ3v) is 4.38. The van der Waals surface area contributed by atoms with Crippen LogP contribution in [0.3, 0.4) is 0 Å². The van der Waals surface area contributed by atoms with E-state index < -0.39 is 10.8 Å². The van der Waals surface area contributed by atoms with E-state index in [2.05, 4.69) is 6.92 Å². The van der Waals surface area contributed by atoms with Crippen LogP contribution in [-0.2, 0) is 10.8 Å². The molecule has 0 saturated carbocycles. The Balaban J connectivity index is 2.39. The van der Waals surface area contributed by atoms with E-state index >= 15 is 0 Å². The van der Waals surface area contributed by atoms with Crippen molar-refractivity contribution in [2.75, 3.05) is 11.5 Å². The number of rotatable bonds is 7. The predicted octanol–water partition coefficient (Wildman–Crippen LogP) is 3.66. The van der Waals surface area contributed by atoms with E-state index in [-0.39, 0.29) is 0 Å². The largest absolute Gasteiger partial charge is 0.399 e. The van der Waals surface area contributed by atoms with Crippen molar-refractivity contribution < 1.29 is 4.21 Å². The average molecular weight is 253 g/mol. The van der Waals surface area contributed by atoms with Crippen LogP contribution in [0.2, 0.25) is 0 Å². The summed E-state index contributed by atoms with van der Waals surface area (Å²) in [6, 6.07) is 5.67. The van der Waals surface area contributed by atoms with Crippen molar-refractivity contribution in [1.29, 1.82) is 0 Å². The minimum atomic E-state index is -0.863. The summed E-state index contributed by atoms with van der Waals surface area (Å²) in [5, 5.41) is 0. The molecule has 0 aliphatic carbocycles. The maximum Gasteiger partial charge on any atom is 0.0529 e. The van der Waals surface area contributed by atoms with Crippen LogP contribution >= 0.6 is 0 Å². The fourth-order valence-electron chi connectivity index (χ4n) is 1.74. The van der Waals surface area contributed by atoms with Crippen LogP contribution in [0.5, 0.6) is 0 Å². The second-order valence-electron chi connectivity index (χ2n) is 4.48. The van der Waals surface area contributed by atoms with Gasteiger partial charge in [-0.2, -0.15) is 0 Å². The van der Waals surface area contributed by atoms with Crippen molar-refractivity contribution in [1.82, 2.24) is 0 Å². The summed E-state index contributed by atoms with van der Waals surface area (Å²) in [6.07, 6.45) is 6.03. The molecule has 0 bridgehead atoms. The van der Waals surface area contributed by atoms with Crippen molar-refractivity contribution in [2.45, 2.75) is 50.8 Å². The fourth-order valence-corrected chi connectivity index (χ4v) is 2.97. The molecule has 0 spiro atoms. The molecule has 0 aliphatic rings. The summed E-state index contributed by atoms with van der Waals surface area (Å²) in [5.41, 5.74) is 7.53. The van der Waals surface area contributed by atoms with Crippen LogP contribution in [0.15, 0.2) is 23.1 Å². The Hall–Kier alpha value is -0.830. The SMILES string of the molecule is CCCCCCCS(=O)c1ccc(N)c(C)c1. The highest BCUT2D eigenvalue weighted by Gasteiger charge is 2.05. The quantitative estimate of drug-likeness (QED) is 0.595. The summed E-state index contributed by atoms with van der Waals surface area (Å²) >= 11 is 0. The number of unbranched alkanes of at least 4 members (excludes halogenated alkanes) is 4. The van der Waals surface area contributed by atoms with E-state index in [4.69, 9.17) is 5.73 Å². The van der Waals surface area contributed by atoms with Gasteiger partial charge < -0.3 is 5.73 Å². The fraction of sp³-hybridized carbons (Fsp3) is 0.571. The molecule has 1 unspecified atom stereocenters. The van der Waals surface area contributed by atoms with Gasteiger partial charge in [0.05, 0.1) is 10.8 Å². The van der Waals surface area contributed by atoms with Crippen molar-refractivity contribution in [3.63, 3.8) is 0 Å². The van der Waals surface area contributed by atoms with E-state index in [0.29, 0.717) is 0 Å². The molecule has 3 heteroatoms. The number of anilines is 1. The molecule has 0 aliphatic heterocycles. The number of nitrogen functional groups attached to an aromatic ring is 1. The lowest BCUT2D eigenvalue weighted by Gasteiger charge is -2.05. The summed E-state index contributed by atoms with van der Waals surface area (Å²) in [6.45, 7) is 4.16. The van der Waals surface area contributed by atoms with Crippen LogP contribution in [0.1, 0.15) is 44.6 Å². The first-order valence-corrected chi connectivity index (χ1v) is 7.71. The van der Waals surface area contributed by atoms with Crippen molar-refractivity contribution in [3.05, 3.63) is 23.8 Å². The van der Waals surface area contributed by atoms with Gasteiger partial charge in [0.1, 0.15) is 0 Å². The summed E-state index contributed by atoms with van der Waals surface area (Å²) in [5.74, 6) is 0.771. The molecule has 0 fully saturated rings. The molecule has 0 aromatic heterocycles. The van der Waals surface area contributed by atoms with E-state index in [1.165, 1.54) is 25.7 Å². The molecule has 0 amide bonds. The Kier molecular flexibility index (Phi) is 6.27. The second-order valence-corrected chi connectivity index (χ2v) is 6.05. The molecule has 1 aromatic rings. The normalized spacial score (nSPS) is 12.6. The highest BCUT2D eigenvalue weighted by Crippen LogP contribution is 2.16. The molecule has 2 N–H and O–H groups in total. The monoisotopic (exact) mass is 253 g/mol. The lowest BCUT2D eigenvalue weighted by atomic mass is 10.2. The molecule has 17 heavy (non-hydrogen) atoms. The van der Waals surface area contributed by atoms with E-state index in [1.807, 2.05) is 25.1 Å². The second kappa shape index (κ2) is 7.49.